The molecule has 0 fully saturated rings. The van der Waals surface area contributed by atoms with Crippen LogP contribution in [-0.4, -0.2) is 59.1 Å². The smallest absolute Gasteiger partial charge is 0.180 e. The Balaban J connectivity index is 2.18. The molecule has 2 aromatic carbocycles. The lowest BCUT2D eigenvalue weighted by molar-refractivity contribution is -0.186. The fourth-order valence-electron chi connectivity index (χ4n) is 3.94. The first-order chi connectivity index (χ1) is 17.0. The molecule has 2 rings (SSSR count). The SMILES string of the molecule is CCOC(CO[C@H](CCOC)[C@@H](Cc1ccc(F)cc1)[C@H](C)OCc1ccc(OC)cc1)OCC. The first kappa shape index (κ1) is 29.2. The minimum absolute atomic E-state index is 0.00207. The van der Waals surface area contributed by atoms with Crippen molar-refractivity contribution in [1.29, 1.82) is 0 Å². The number of hydrogen-bond acceptors (Lipinski definition) is 6. The molecule has 35 heavy (non-hydrogen) atoms. The van der Waals surface area contributed by atoms with Crippen LogP contribution in [0.15, 0.2) is 48.5 Å². The Bertz CT molecular complexity index is 792. The van der Waals surface area contributed by atoms with Crippen LogP contribution in [0.2, 0.25) is 0 Å². The van der Waals surface area contributed by atoms with Gasteiger partial charge >= 0.3 is 0 Å². The molecule has 0 aliphatic heterocycles. The fraction of sp³-hybridized carbons (Fsp3) is 0.571. The summed E-state index contributed by atoms with van der Waals surface area (Å²) in [5.74, 6) is 0.553. The lowest BCUT2D eigenvalue weighted by atomic mass is 9.88. The molecular formula is C28H41FO6. The van der Waals surface area contributed by atoms with E-state index in [1.807, 2.05) is 50.2 Å². The van der Waals surface area contributed by atoms with Crippen molar-refractivity contribution in [2.24, 2.45) is 5.92 Å². The van der Waals surface area contributed by atoms with Crippen molar-refractivity contribution in [2.45, 2.75) is 58.7 Å². The molecule has 2 aromatic rings. The zero-order valence-electron chi connectivity index (χ0n) is 21.7. The van der Waals surface area contributed by atoms with Gasteiger partial charge < -0.3 is 28.4 Å². The van der Waals surface area contributed by atoms with Gasteiger partial charge in [-0.1, -0.05) is 24.3 Å². The van der Waals surface area contributed by atoms with Gasteiger partial charge in [0.25, 0.3) is 0 Å². The van der Waals surface area contributed by atoms with Gasteiger partial charge in [-0.05, 0) is 69.0 Å². The van der Waals surface area contributed by atoms with Gasteiger partial charge in [0, 0.05) is 32.8 Å². The van der Waals surface area contributed by atoms with Crippen molar-refractivity contribution in [1.82, 2.24) is 0 Å². The molecule has 0 spiro atoms. The fourth-order valence-corrected chi connectivity index (χ4v) is 3.94. The Labute approximate surface area is 209 Å². The van der Waals surface area contributed by atoms with Crippen molar-refractivity contribution >= 4 is 0 Å². The molecule has 196 valence electrons. The molecule has 0 aromatic heterocycles. The van der Waals surface area contributed by atoms with Crippen LogP contribution in [-0.2, 0) is 36.7 Å². The van der Waals surface area contributed by atoms with Crippen LogP contribution in [0.3, 0.4) is 0 Å². The summed E-state index contributed by atoms with van der Waals surface area (Å²) in [6.45, 7) is 8.31. The van der Waals surface area contributed by atoms with E-state index in [-0.39, 0.29) is 23.9 Å². The summed E-state index contributed by atoms with van der Waals surface area (Å²) in [7, 11) is 3.33. The number of rotatable bonds is 18. The van der Waals surface area contributed by atoms with Crippen molar-refractivity contribution in [2.75, 3.05) is 40.6 Å². The Hall–Kier alpha value is -2.03. The maximum absolute atomic E-state index is 13.5. The molecule has 0 bridgehead atoms. The zero-order valence-corrected chi connectivity index (χ0v) is 21.7. The predicted octanol–water partition coefficient (Wildman–Crippen LogP) is 5.42. The van der Waals surface area contributed by atoms with Gasteiger partial charge in [0.05, 0.1) is 32.5 Å². The topological polar surface area (TPSA) is 55.4 Å². The molecule has 0 heterocycles. The molecule has 7 heteroatoms. The van der Waals surface area contributed by atoms with E-state index in [0.717, 1.165) is 16.9 Å². The van der Waals surface area contributed by atoms with Crippen LogP contribution < -0.4 is 4.74 Å². The van der Waals surface area contributed by atoms with E-state index in [1.54, 1.807) is 14.2 Å². The van der Waals surface area contributed by atoms with Gasteiger partial charge in [-0.2, -0.15) is 0 Å². The van der Waals surface area contributed by atoms with E-state index >= 15 is 0 Å². The maximum Gasteiger partial charge on any atom is 0.180 e. The molecule has 0 N–H and O–H groups in total. The molecule has 0 aliphatic carbocycles. The van der Waals surface area contributed by atoms with Crippen LogP contribution in [0.5, 0.6) is 5.75 Å². The summed E-state index contributed by atoms with van der Waals surface area (Å²) in [5.41, 5.74) is 2.08. The normalized spacial score (nSPS) is 14.1. The molecule has 0 saturated heterocycles. The molecule has 0 radical (unpaired) electrons. The van der Waals surface area contributed by atoms with Gasteiger partial charge in [-0.3, -0.25) is 0 Å². The largest absolute Gasteiger partial charge is 0.497 e. The monoisotopic (exact) mass is 492 g/mol. The number of benzene rings is 2. The minimum Gasteiger partial charge on any atom is -0.497 e. The Morgan fingerprint density at radius 1 is 0.800 bits per heavy atom. The predicted molar refractivity (Wildman–Crippen MR) is 134 cm³/mol. The third-order valence-corrected chi connectivity index (χ3v) is 5.90. The van der Waals surface area contributed by atoms with Crippen LogP contribution >= 0.6 is 0 Å². The van der Waals surface area contributed by atoms with Crippen molar-refractivity contribution in [3.63, 3.8) is 0 Å². The minimum atomic E-state index is -0.433. The second-order valence-corrected chi connectivity index (χ2v) is 8.35. The number of halogens is 1. The third-order valence-electron chi connectivity index (χ3n) is 5.90. The van der Waals surface area contributed by atoms with Crippen molar-refractivity contribution in [3.05, 3.63) is 65.5 Å². The van der Waals surface area contributed by atoms with E-state index in [1.165, 1.54) is 12.1 Å². The summed E-state index contributed by atoms with van der Waals surface area (Å²) in [5, 5.41) is 0. The van der Waals surface area contributed by atoms with E-state index in [9.17, 15) is 4.39 Å². The third kappa shape index (κ3) is 10.6. The lowest BCUT2D eigenvalue weighted by Gasteiger charge is -2.33. The summed E-state index contributed by atoms with van der Waals surface area (Å²) in [6.07, 6.45) is 0.614. The first-order valence-electron chi connectivity index (χ1n) is 12.3. The second-order valence-electron chi connectivity index (χ2n) is 8.35. The van der Waals surface area contributed by atoms with Gasteiger partial charge in [0.2, 0.25) is 0 Å². The summed E-state index contributed by atoms with van der Waals surface area (Å²) in [4.78, 5) is 0. The molecule has 6 nitrogen and oxygen atoms in total. The van der Waals surface area contributed by atoms with E-state index < -0.39 is 6.29 Å². The summed E-state index contributed by atoms with van der Waals surface area (Å²) < 4.78 is 48.2. The average molecular weight is 493 g/mol. The van der Waals surface area contributed by atoms with Crippen LogP contribution in [0.4, 0.5) is 4.39 Å². The van der Waals surface area contributed by atoms with Crippen molar-refractivity contribution < 1.29 is 32.8 Å². The summed E-state index contributed by atoms with van der Waals surface area (Å²) >= 11 is 0. The number of hydrogen-bond donors (Lipinski definition) is 0. The molecule has 0 saturated carbocycles. The van der Waals surface area contributed by atoms with E-state index in [2.05, 4.69) is 6.92 Å². The van der Waals surface area contributed by atoms with Crippen LogP contribution in [0, 0.1) is 11.7 Å². The highest BCUT2D eigenvalue weighted by Crippen LogP contribution is 2.25. The Morgan fingerprint density at radius 2 is 1.43 bits per heavy atom. The lowest BCUT2D eigenvalue weighted by Crippen LogP contribution is -2.38. The highest BCUT2D eigenvalue weighted by Gasteiger charge is 2.30. The highest BCUT2D eigenvalue weighted by molar-refractivity contribution is 5.26. The molecular weight excluding hydrogens is 451 g/mol. The standard InChI is InChI=1S/C28H41FO6/c1-6-32-28(33-7-2)20-35-27(16-17-30-4)26(18-22-8-12-24(29)13-9-22)21(3)34-19-23-10-14-25(31-5)15-11-23/h8-15,21,26-28H,6-7,16-20H2,1-5H3/t21-,26-,27+/m0/s1. The molecule has 0 aliphatic rings. The molecule has 3 atom stereocenters. The van der Waals surface area contributed by atoms with Gasteiger partial charge in [-0.15, -0.1) is 0 Å². The highest BCUT2D eigenvalue weighted by atomic mass is 19.1. The number of methoxy groups -OCH3 is 2. The van der Waals surface area contributed by atoms with Crippen LogP contribution in [0.1, 0.15) is 38.3 Å². The Morgan fingerprint density at radius 3 is 2.00 bits per heavy atom. The Kier molecular flexibility index (Phi) is 13.9. The second kappa shape index (κ2) is 16.6. The maximum atomic E-state index is 13.5. The molecule has 0 amide bonds. The number of ether oxygens (including phenoxy) is 6. The average Bonchev–Trinajstić information content (AvgIpc) is 2.88. The first-order valence-corrected chi connectivity index (χ1v) is 12.3. The van der Waals surface area contributed by atoms with Crippen LogP contribution in [0.25, 0.3) is 0 Å². The van der Waals surface area contributed by atoms with Gasteiger partial charge in [0.1, 0.15) is 11.6 Å². The quantitative estimate of drug-likeness (QED) is 0.259. The van der Waals surface area contributed by atoms with Gasteiger partial charge in [0.15, 0.2) is 6.29 Å². The van der Waals surface area contributed by atoms with Crippen molar-refractivity contribution in [3.8, 4) is 5.75 Å². The van der Waals surface area contributed by atoms with Gasteiger partial charge in [-0.25, -0.2) is 4.39 Å². The van der Waals surface area contributed by atoms with E-state index in [4.69, 9.17) is 28.4 Å². The molecule has 0 unspecified atom stereocenters. The summed E-state index contributed by atoms with van der Waals surface area (Å²) in [6, 6.07) is 14.4. The van der Waals surface area contributed by atoms with E-state index in [0.29, 0.717) is 45.9 Å². The zero-order chi connectivity index (χ0) is 25.5.